The molecule has 0 radical (unpaired) electrons. The SMILES string of the molecule is COc1cc(C(C)C)c(C(N)CCC(=O)O)cc1Cl. The van der Waals surface area contributed by atoms with Gasteiger partial charge in [-0.1, -0.05) is 25.4 Å². The molecular weight excluding hydrogens is 266 g/mol. The molecule has 5 heteroatoms. The normalized spacial score (nSPS) is 12.5. The van der Waals surface area contributed by atoms with Gasteiger partial charge < -0.3 is 15.6 Å². The van der Waals surface area contributed by atoms with Crippen molar-refractivity contribution in [3.63, 3.8) is 0 Å². The van der Waals surface area contributed by atoms with E-state index in [4.69, 9.17) is 27.2 Å². The average Bonchev–Trinajstić information content (AvgIpc) is 2.35. The summed E-state index contributed by atoms with van der Waals surface area (Å²) < 4.78 is 5.20. The summed E-state index contributed by atoms with van der Waals surface area (Å²) in [5.41, 5.74) is 8.01. The predicted octanol–water partition coefficient (Wildman–Crippen LogP) is 3.34. The largest absolute Gasteiger partial charge is 0.495 e. The highest BCUT2D eigenvalue weighted by molar-refractivity contribution is 6.32. The molecule has 0 heterocycles. The number of carbonyl (C=O) groups is 1. The molecule has 106 valence electrons. The molecule has 1 aromatic carbocycles. The van der Waals surface area contributed by atoms with Crippen LogP contribution in [-0.4, -0.2) is 18.2 Å². The second-order valence-electron chi connectivity index (χ2n) is 4.81. The van der Waals surface area contributed by atoms with Crippen LogP contribution in [0.3, 0.4) is 0 Å². The van der Waals surface area contributed by atoms with E-state index < -0.39 is 5.97 Å². The van der Waals surface area contributed by atoms with Crippen molar-refractivity contribution in [2.45, 2.75) is 38.6 Å². The molecule has 0 bridgehead atoms. The maximum atomic E-state index is 10.6. The number of ether oxygens (including phenoxy) is 1. The Balaban J connectivity index is 3.10. The second-order valence-corrected chi connectivity index (χ2v) is 5.22. The van der Waals surface area contributed by atoms with Gasteiger partial charge in [-0.2, -0.15) is 0 Å². The van der Waals surface area contributed by atoms with Gasteiger partial charge in [0.2, 0.25) is 0 Å². The van der Waals surface area contributed by atoms with Crippen molar-refractivity contribution >= 4 is 17.6 Å². The van der Waals surface area contributed by atoms with Crippen LogP contribution < -0.4 is 10.5 Å². The standard InChI is InChI=1S/C14H20ClNO3/c1-8(2)9-7-13(19-3)11(15)6-10(9)12(16)4-5-14(17)18/h6-8,12H,4-5,16H2,1-3H3,(H,17,18). The summed E-state index contributed by atoms with van der Waals surface area (Å²) in [6, 6.07) is 3.32. The van der Waals surface area contributed by atoms with E-state index in [1.54, 1.807) is 13.2 Å². The van der Waals surface area contributed by atoms with Gasteiger partial charge in [0, 0.05) is 12.5 Å². The molecule has 0 saturated heterocycles. The molecule has 0 aliphatic rings. The third kappa shape index (κ3) is 4.11. The van der Waals surface area contributed by atoms with Crippen molar-refractivity contribution < 1.29 is 14.6 Å². The van der Waals surface area contributed by atoms with Gasteiger partial charge in [-0.15, -0.1) is 0 Å². The summed E-state index contributed by atoms with van der Waals surface area (Å²) in [5.74, 6) is 0.0257. The molecule has 0 spiro atoms. The van der Waals surface area contributed by atoms with Crippen LogP contribution in [0, 0.1) is 0 Å². The Kier molecular flexibility index (Phi) is 5.63. The quantitative estimate of drug-likeness (QED) is 0.841. The lowest BCUT2D eigenvalue weighted by molar-refractivity contribution is -0.137. The van der Waals surface area contributed by atoms with E-state index in [1.165, 1.54) is 0 Å². The molecule has 3 N–H and O–H groups in total. The minimum absolute atomic E-state index is 0.0440. The van der Waals surface area contributed by atoms with Crippen molar-refractivity contribution in [3.8, 4) is 5.75 Å². The number of carboxylic acid groups (broad SMARTS) is 1. The summed E-state index contributed by atoms with van der Waals surface area (Å²) >= 11 is 6.12. The number of methoxy groups -OCH3 is 1. The Labute approximate surface area is 118 Å². The van der Waals surface area contributed by atoms with Gasteiger partial charge in [0.05, 0.1) is 12.1 Å². The molecule has 0 saturated carbocycles. The van der Waals surface area contributed by atoms with Gasteiger partial charge in [-0.3, -0.25) is 4.79 Å². The van der Waals surface area contributed by atoms with Gasteiger partial charge >= 0.3 is 5.97 Å². The second kappa shape index (κ2) is 6.78. The molecule has 0 aromatic heterocycles. The third-order valence-corrected chi connectivity index (χ3v) is 3.34. The van der Waals surface area contributed by atoms with Gasteiger partial charge in [0.1, 0.15) is 5.75 Å². The van der Waals surface area contributed by atoms with E-state index in [0.29, 0.717) is 17.2 Å². The van der Waals surface area contributed by atoms with Crippen molar-refractivity contribution in [2.24, 2.45) is 5.73 Å². The van der Waals surface area contributed by atoms with Crippen LogP contribution in [0.5, 0.6) is 5.75 Å². The molecule has 19 heavy (non-hydrogen) atoms. The number of hydrogen-bond donors (Lipinski definition) is 2. The molecule has 1 atom stereocenters. The lowest BCUT2D eigenvalue weighted by atomic mass is 9.91. The van der Waals surface area contributed by atoms with Crippen LogP contribution in [0.25, 0.3) is 0 Å². The molecule has 0 amide bonds. The highest BCUT2D eigenvalue weighted by atomic mass is 35.5. The Hall–Kier alpha value is -1.26. The van der Waals surface area contributed by atoms with Crippen molar-refractivity contribution in [3.05, 3.63) is 28.3 Å². The molecule has 0 aliphatic heterocycles. The average molecular weight is 286 g/mol. The zero-order chi connectivity index (χ0) is 14.6. The van der Waals surface area contributed by atoms with Gasteiger partial charge in [0.25, 0.3) is 0 Å². The summed E-state index contributed by atoms with van der Waals surface area (Å²) in [6.07, 6.45) is 0.431. The predicted molar refractivity (Wildman–Crippen MR) is 75.9 cm³/mol. The monoisotopic (exact) mass is 285 g/mol. The first-order valence-electron chi connectivity index (χ1n) is 6.21. The van der Waals surface area contributed by atoms with E-state index >= 15 is 0 Å². The topological polar surface area (TPSA) is 72.5 Å². The fraction of sp³-hybridized carbons (Fsp3) is 0.500. The smallest absolute Gasteiger partial charge is 0.303 e. The Bertz CT molecular complexity index is 460. The fourth-order valence-electron chi connectivity index (χ4n) is 2.00. The molecule has 1 rings (SSSR count). The van der Waals surface area contributed by atoms with Crippen LogP contribution >= 0.6 is 11.6 Å². The van der Waals surface area contributed by atoms with E-state index in [2.05, 4.69) is 13.8 Å². The minimum Gasteiger partial charge on any atom is -0.495 e. The van der Waals surface area contributed by atoms with Crippen LogP contribution in [0.4, 0.5) is 0 Å². The number of nitrogens with two attached hydrogens (primary N) is 1. The first kappa shape index (κ1) is 15.8. The Morgan fingerprint density at radius 2 is 2.05 bits per heavy atom. The molecular formula is C14H20ClNO3. The summed E-state index contributed by atoms with van der Waals surface area (Å²) in [4.78, 5) is 10.6. The van der Waals surface area contributed by atoms with Crippen molar-refractivity contribution in [1.82, 2.24) is 0 Å². The van der Waals surface area contributed by atoms with Gasteiger partial charge in [-0.05, 0) is 35.6 Å². The molecule has 4 nitrogen and oxygen atoms in total. The first-order chi connectivity index (χ1) is 8.86. The maximum absolute atomic E-state index is 10.6. The number of hydrogen-bond acceptors (Lipinski definition) is 3. The van der Waals surface area contributed by atoms with Crippen LogP contribution in [0.2, 0.25) is 5.02 Å². The van der Waals surface area contributed by atoms with Crippen LogP contribution in [0.1, 0.15) is 49.8 Å². The minimum atomic E-state index is -0.846. The van der Waals surface area contributed by atoms with E-state index in [9.17, 15) is 4.79 Å². The van der Waals surface area contributed by atoms with Crippen LogP contribution in [-0.2, 0) is 4.79 Å². The highest BCUT2D eigenvalue weighted by Gasteiger charge is 2.17. The van der Waals surface area contributed by atoms with Crippen molar-refractivity contribution in [2.75, 3.05) is 7.11 Å². The molecule has 1 unspecified atom stereocenters. The molecule has 0 fully saturated rings. The number of benzene rings is 1. The summed E-state index contributed by atoms with van der Waals surface area (Å²) in [6.45, 7) is 4.10. The van der Waals surface area contributed by atoms with Gasteiger partial charge in [-0.25, -0.2) is 0 Å². The van der Waals surface area contributed by atoms with E-state index in [-0.39, 0.29) is 18.4 Å². The number of rotatable bonds is 6. The fourth-order valence-corrected chi connectivity index (χ4v) is 2.25. The van der Waals surface area contributed by atoms with Crippen LogP contribution in [0.15, 0.2) is 12.1 Å². The Morgan fingerprint density at radius 3 is 2.53 bits per heavy atom. The van der Waals surface area contributed by atoms with Crippen molar-refractivity contribution in [1.29, 1.82) is 0 Å². The summed E-state index contributed by atoms with van der Waals surface area (Å²) in [7, 11) is 1.56. The molecule has 0 aliphatic carbocycles. The van der Waals surface area contributed by atoms with E-state index in [1.807, 2.05) is 6.07 Å². The lowest BCUT2D eigenvalue weighted by Gasteiger charge is -2.20. The molecule has 1 aromatic rings. The zero-order valence-electron chi connectivity index (χ0n) is 11.4. The lowest BCUT2D eigenvalue weighted by Crippen LogP contribution is -2.15. The number of aliphatic carboxylic acids is 1. The van der Waals surface area contributed by atoms with E-state index in [0.717, 1.165) is 11.1 Å². The summed E-state index contributed by atoms with van der Waals surface area (Å²) in [5, 5.41) is 9.22. The zero-order valence-corrected chi connectivity index (χ0v) is 12.2. The Morgan fingerprint density at radius 1 is 1.42 bits per heavy atom. The first-order valence-corrected chi connectivity index (χ1v) is 6.59. The number of halogens is 1. The maximum Gasteiger partial charge on any atom is 0.303 e. The third-order valence-electron chi connectivity index (χ3n) is 3.05. The highest BCUT2D eigenvalue weighted by Crippen LogP contribution is 2.35. The van der Waals surface area contributed by atoms with Gasteiger partial charge in [0.15, 0.2) is 0 Å². The number of carboxylic acids is 1.